The minimum atomic E-state index is -1.45. The number of hydrogen-bond donors (Lipinski definition) is 2. The fourth-order valence-corrected chi connectivity index (χ4v) is 2.41. The minimum Gasteiger partial charge on any atom is -0.373 e. The van der Waals surface area contributed by atoms with E-state index in [2.05, 4.69) is 15.5 Å². The Bertz CT molecular complexity index is 686. The Kier molecular flexibility index (Phi) is 4.00. The Morgan fingerprint density at radius 2 is 1.55 bits per heavy atom. The van der Waals surface area contributed by atoms with Gasteiger partial charge in [-0.2, -0.15) is 4.98 Å². The van der Waals surface area contributed by atoms with E-state index in [4.69, 9.17) is 4.52 Å². The van der Waals surface area contributed by atoms with Crippen molar-refractivity contribution in [2.75, 3.05) is 7.05 Å². The van der Waals surface area contributed by atoms with Crippen LogP contribution in [0.15, 0.2) is 65.2 Å². The Morgan fingerprint density at radius 3 is 2.05 bits per heavy atom. The highest BCUT2D eigenvalue weighted by molar-refractivity contribution is 5.41. The topological polar surface area (TPSA) is 71.2 Å². The lowest BCUT2D eigenvalue weighted by atomic mass is 9.85. The van der Waals surface area contributed by atoms with Crippen LogP contribution < -0.4 is 5.32 Å². The second-order valence-corrected chi connectivity index (χ2v) is 4.98. The second-order valence-electron chi connectivity index (χ2n) is 4.98. The van der Waals surface area contributed by atoms with Crippen LogP contribution in [0.3, 0.4) is 0 Å². The average molecular weight is 295 g/mol. The standard InChI is InChI=1S/C17H17N3O2/c1-18-12-15-19-16(20-22-15)17(21,13-8-4-2-5-9-13)14-10-6-3-7-11-14/h2-11,18,21H,12H2,1H3. The summed E-state index contributed by atoms with van der Waals surface area (Å²) in [5.41, 5.74) is -0.0612. The van der Waals surface area contributed by atoms with Crippen LogP contribution in [0.2, 0.25) is 0 Å². The summed E-state index contributed by atoms with van der Waals surface area (Å²) < 4.78 is 5.21. The molecule has 0 radical (unpaired) electrons. The zero-order valence-corrected chi connectivity index (χ0v) is 12.2. The molecule has 3 rings (SSSR count). The van der Waals surface area contributed by atoms with E-state index in [1.807, 2.05) is 60.7 Å². The third-order valence-electron chi connectivity index (χ3n) is 3.50. The smallest absolute Gasteiger partial charge is 0.240 e. The quantitative estimate of drug-likeness (QED) is 0.754. The van der Waals surface area contributed by atoms with Crippen LogP contribution in [-0.2, 0) is 12.1 Å². The summed E-state index contributed by atoms with van der Waals surface area (Å²) in [6, 6.07) is 18.7. The highest BCUT2D eigenvalue weighted by Gasteiger charge is 2.38. The molecule has 1 aromatic heterocycles. The van der Waals surface area contributed by atoms with E-state index >= 15 is 0 Å². The largest absolute Gasteiger partial charge is 0.373 e. The highest BCUT2D eigenvalue weighted by Crippen LogP contribution is 2.34. The van der Waals surface area contributed by atoms with Gasteiger partial charge >= 0.3 is 0 Å². The van der Waals surface area contributed by atoms with E-state index in [0.29, 0.717) is 23.6 Å². The SMILES string of the molecule is CNCc1nc(C(O)(c2ccccc2)c2ccccc2)no1. The number of aliphatic hydroxyl groups is 1. The number of hydrogen-bond acceptors (Lipinski definition) is 5. The summed E-state index contributed by atoms with van der Waals surface area (Å²) in [5, 5.41) is 18.3. The number of nitrogens with zero attached hydrogens (tertiary/aromatic N) is 2. The van der Waals surface area contributed by atoms with Gasteiger partial charge in [-0.25, -0.2) is 0 Å². The molecule has 5 heteroatoms. The van der Waals surface area contributed by atoms with Gasteiger partial charge in [0.1, 0.15) is 0 Å². The lowest BCUT2D eigenvalue weighted by molar-refractivity contribution is 0.112. The zero-order valence-electron chi connectivity index (χ0n) is 12.2. The molecule has 0 saturated heterocycles. The van der Waals surface area contributed by atoms with Gasteiger partial charge in [0.2, 0.25) is 11.7 Å². The number of benzene rings is 2. The monoisotopic (exact) mass is 295 g/mol. The Balaban J connectivity index is 2.14. The molecule has 0 aliphatic heterocycles. The first-order chi connectivity index (χ1) is 10.7. The Labute approximate surface area is 128 Å². The van der Waals surface area contributed by atoms with Gasteiger partial charge in [0.05, 0.1) is 6.54 Å². The maximum Gasteiger partial charge on any atom is 0.240 e. The molecule has 22 heavy (non-hydrogen) atoms. The fourth-order valence-electron chi connectivity index (χ4n) is 2.41. The van der Waals surface area contributed by atoms with Crippen LogP contribution in [0.1, 0.15) is 22.8 Å². The van der Waals surface area contributed by atoms with Crippen molar-refractivity contribution in [2.24, 2.45) is 0 Å². The molecule has 3 aromatic rings. The first kappa shape index (κ1) is 14.4. The molecule has 0 amide bonds. The summed E-state index contributed by atoms with van der Waals surface area (Å²) >= 11 is 0. The van der Waals surface area contributed by atoms with Gasteiger partial charge in [0, 0.05) is 0 Å². The third-order valence-corrected chi connectivity index (χ3v) is 3.50. The Hall–Kier alpha value is -2.50. The van der Waals surface area contributed by atoms with Crippen molar-refractivity contribution >= 4 is 0 Å². The molecule has 5 nitrogen and oxygen atoms in total. The van der Waals surface area contributed by atoms with Gasteiger partial charge in [-0.15, -0.1) is 0 Å². The maximum atomic E-state index is 11.4. The molecule has 2 N–H and O–H groups in total. The zero-order chi connectivity index (χ0) is 15.4. The van der Waals surface area contributed by atoms with Crippen LogP contribution in [-0.4, -0.2) is 22.3 Å². The fraction of sp³-hybridized carbons (Fsp3) is 0.176. The van der Waals surface area contributed by atoms with Crippen molar-refractivity contribution in [3.05, 3.63) is 83.5 Å². The van der Waals surface area contributed by atoms with Crippen molar-refractivity contribution in [1.29, 1.82) is 0 Å². The molecular formula is C17H17N3O2. The summed E-state index contributed by atoms with van der Waals surface area (Å²) in [4.78, 5) is 4.33. The second kappa shape index (κ2) is 6.09. The Morgan fingerprint density at radius 1 is 1.00 bits per heavy atom. The first-order valence-corrected chi connectivity index (χ1v) is 7.06. The van der Waals surface area contributed by atoms with Gasteiger partial charge in [-0.3, -0.25) is 0 Å². The summed E-state index contributed by atoms with van der Waals surface area (Å²) in [7, 11) is 1.80. The van der Waals surface area contributed by atoms with E-state index in [9.17, 15) is 5.11 Å². The third kappa shape index (κ3) is 2.52. The van der Waals surface area contributed by atoms with Crippen LogP contribution in [0.5, 0.6) is 0 Å². The van der Waals surface area contributed by atoms with Crippen LogP contribution >= 0.6 is 0 Å². The van der Waals surface area contributed by atoms with Crippen LogP contribution in [0.4, 0.5) is 0 Å². The van der Waals surface area contributed by atoms with E-state index < -0.39 is 5.60 Å². The molecule has 0 fully saturated rings. The van der Waals surface area contributed by atoms with Gasteiger partial charge in [-0.05, 0) is 18.2 Å². The molecule has 0 bridgehead atoms. The van der Waals surface area contributed by atoms with Crippen molar-refractivity contribution in [2.45, 2.75) is 12.1 Å². The van der Waals surface area contributed by atoms with Gasteiger partial charge in [0.15, 0.2) is 5.60 Å². The van der Waals surface area contributed by atoms with Crippen molar-refractivity contribution in [3.8, 4) is 0 Å². The molecule has 2 aromatic carbocycles. The van der Waals surface area contributed by atoms with Gasteiger partial charge in [-0.1, -0.05) is 65.8 Å². The van der Waals surface area contributed by atoms with Crippen molar-refractivity contribution in [1.82, 2.24) is 15.5 Å². The van der Waals surface area contributed by atoms with Crippen molar-refractivity contribution in [3.63, 3.8) is 0 Å². The molecule has 0 aliphatic carbocycles. The lowest BCUT2D eigenvalue weighted by Crippen LogP contribution is -2.30. The van der Waals surface area contributed by atoms with E-state index in [1.165, 1.54) is 0 Å². The molecule has 0 unspecified atom stereocenters. The van der Waals surface area contributed by atoms with Gasteiger partial charge < -0.3 is 14.9 Å². The van der Waals surface area contributed by atoms with E-state index in [1.54, 1.807) is 7.05 Å². The lowest BCUT2D eigenvalue weighted by Gasteiger charge is -2.25. The van der Waals surface area contributed by atoms with Crippen LogP contribution in [0, 0.1) is 0 Å². The van der Waals surface area contributed by atoms with Crippen molar-refractivity contribution < 1.29 is 9.63 Å². The predicted octanol–water partition coefficient (Wildman–Crippen LogP) is 2.07. The first-order valence-electron chi connectivity index (χ1n) is 7.06. The number of nitrogens with one attached hydrogen (secondary N) is 1. The van der Waals surface area contributed by atoms with Gasteiger partial charge in [0.25, 0.3) is 0 Å². The molecule has 0 saturated carbocycles. The predicted molar refractivity (Wildman–Crippen MR) is 82.0 cm³/mol. The molecule has 112 valence electrons. The molecule has 0 spiro atoms. The average Bonchev–Trinajstić information content (AvgIpc) is 3.05. The minimum absolute atomic E-state index is 0.232. The molecule has 0 atom stereocenters. The van der Waals surface area contributed by atoms with E-state index in [0.717, 1.165) is 0 Å². The molecular weight excluding hydrogens is 278 g/mol. The molecule has 0 aliphatic rings. The maximum absolute atomic E-state index is 11.4. The summed E-state index contributed by atoms with van der Waals surface area (Å²) in [6.07, 6.45) is 0. The normalized spacial score (nSPS) is 11.5. The van der Waals surface area contributed by atoms with Crippen LogP contribution in [0.25, 0.3) is 0 Å². The summed E-state index contributed by atoms with van der Waals surface area (Å²) in [5.74, 6) is 0.665. The van der Waals surface area contributed by atoms with E-state index in [-0.39, 0.29) is 5.82 Å². The number of rotatable bonds is 5. The highest BCUT2D eigenvalue weighted by atomic mass is 16.5. The summed E-state index contributed by atoms with van der Waals surface area (Å²) in [6.45, 7) is 0.451. The number of aromatic nitrogens is 2. The molecule has 1 heterocycles.